The van der Waals surface area contributed by atoms with Crippen molar-refractivity contribution in [2.45, 2.75) is 58.3 Å². The maximum Gasteiger partial charge on any atom is 0.358 e. The number of carbonyl (C=O) groups is 1. The van der Waals surface area contributed by atoms with Gasteiger partial charge in [0.05, 0.1) is 19.5 Å². The lowest BCUT2D eigenvalue weighted by molar-refractivity contribution is 0.0593. The van der Waals surface area contributed by atoms with Crippen LogP contribution < -0.4 is 5.32 Å². The minimum absolute atomic E-state index is 0.148. The molecule has 0 amide bonds. The van der Waals surface area contributed by atoms with Crippen LogP contribution in [0.5, 0.6) is 0 Å². The average molecular weight is 353 g/mol. The molecule has 1 N–H and O–H groups in total. The first-order valence-electron chi connectivity index (χ1n) is 8.97. The molecule has 1 aliphatic rings. The van der Waals surface area contributed by atoms with Crippen molar-refractivity contribution < 1.29 is 9.53 Å². The molecule has 138 valence electrons. The summed E-state index contributed by atoms with van der Waals surface area (Å²) in [5, 5.41) is 3.35. The van der Waals surface area contributed by atoms with Gasteiger partial charge in [0.2, 0.25) is 0 Å². The van der Waals surface area contributed by atoms with Gasteiger partial charge in [-0.25, -0.2) is 14.8 Å². The van der Waals surface area contributed by atoms with Crippen molar-refractivity contribution in [2.24, 2.45) is 0 Å². The number of methoxy groups -OCH3 is 1. The van der Waals surface area contributed by atoms with Gasteiger partial charge in [-0.1, -0.05) is 33.8 Å². The minimum atomic E-state index is -0.488. The number of nitrogens with one attached hydrogen (secondary N) is 1. The van der Waals surface area contributed by atoms with E-state index in [0.717, 1.165) is 5.69 Å². The zero-order valence-corrected chi connectivity index (χ0v) is 16.4. The molecule has 5 nitrogen and oxygen atoms in total. The van der Waals surface area contributed by atoms with E-state index in [1.807, 2.05) is 0 Å². The molecule has 0 bridgehead atoms. The Morgan fingerprint density at radius 2 is 1.65 bits per heavy atom. The van der Waals surface area contributed by atoms with Gasteiger partial charge in [-0.3, -0.25) is 0 Å². The van der Waals surface area contributed by atoms with Crippen molar-refractivity contribution in [3.05, 3.63) is 46.9 Å². The summed E-state index contributed by atoms with van der Waals surface area (Å²) < 4.78 is 4.66. The maximum atomic E-state index is 11.5. The molecule has 0 saturated heterocycles. The minimum Gasteiger partial charge on any atom is -0.464 e. The van der Waals surface area contributed by atoms with Gasteiger partial charge in [0.25, 0.3) is 0 Å². The Morgan fingerprint density at radius 1 is 1.04 bits per heavy atom. The normalized spacial score (nSPS) is 17.3. The molecule has 1 aromatic carbocycles. The van der Waals surface area contributed by atoms with E-state index in [4.69, 9.17) is 0 Å². The number of hydrogen-bond donors (Lipinski definition) is 1. The van der Waals surface area contributed by atoms with Gasteiger partial charge in [0.15, 0.2) is 5.69 Å². The highest BCUT2D eigenvalue weighted by Gasteiger charge is 2.37. The van der Waals surface area contributed by atoms with Crippen molar-refractivity contribution in [1.29, 1.82) is 0 Å². The van der Waals surface area contributed by atoms with Gasteiger partial charge in [-0.15, -0.1) is 0 Å². The molecule has 3 rings (SSSR count). The van der Waals surface area contributed by atoms with E-state index in [-0.39, 0.29) is 16.5 Å². The molecule has 1 heterocycles. The number of aryl methyl sites for hydroxylation is 1. The van der Waals surface area contributed by atoms with Crippen molar-refractivity contribution in [3.63, 3.8) is 0 Å². The summed E-state index contributed by atoms with van der Waals surface area (Å²) in [4.78, 5) is 19.9. The SMILES string of the molecule is COC(=O)c1cnc(Nc2cc3c(cc2C)C(C)(C)CCC3(C)C)cn1. The van der Waals surface area contributed by atoms with E-state index >= 15 is 0 Å². The van der Waals surface area contributed by atoms with Crippen LogP contribution in [0.2, 0.25) is 0 Å². The summed E-state index contributed by atoms with van der Waals surface area (Å²) in [5.41, 5.74) is 5.56. The van der Waals surface area contributed by atoms with Crippen LogP contribution in [0.1, 0.15) is 67.7 Å². The van der Waals surface area contributed by atoms with Crippen LogP contribution in [0.25, 0.3) is 0 Å². The van der Waals surface area contributed by atoms with Crippen LogP contribution in [0.4, 0.5) is 11.5 Å². The molecule has 0 unspecified atom stereocenters. The van der Waals surface area contributed by atoms with Crippen LogP contribution in [-0.4, -0.2) is 23.0 Å². The average Bonchev–Trinajstić information content (AvgIpc) is 2.60. The summed E-state index contributed by atoms with van der Waals surface area (Å²) in [5.74, 6) is 0.117. The summed E-state index contributed by atoms with van der Waals surface area (Å²) in [6.45, 7) is 11.4. The molecule has 0 aliphatic heterocycles. The lowest BCUT2D eigenvalue weighted by Gasteiger charge is -2.42. The Hall–Kier alpha value is -2.43. The molecular weight excluding hydrogens is 326 g/mol. The predicted molar refractivity (Wildman–Crippen MR) is 103 cm³/mol. The van der Waals surface area contributed by atoms with Crippen molar-refractivity contribution in [2.75, 3.05) is 12.4 Å². The van der Waals surface area contributed by atoms with Crippen molar-refractivity contribution >= 4 is 17.5 Å². The van der Waals surface area contributed by atoms with E-state index in [1.54, 1.807) is 6.20 Å². The largest absolute Gasteiger partial charge is 0.464 e. The predicted octanol–water partition coefficient (Wildman–Crippen LogP) is 4.66. The number of ether oxygens (including phenoxy) is 1. The second kappa shape index (κ2) is 6.38. The molecular formula is C21H27N3O2. The second-order valence-electron chi connectivity index (χ2n) is 8.38. The van der Waals surface area contributed by atoms with Crippen LogP contribution in [0.3, 0.4) is 0 Å². The van der Waals surface area contributed by atoms with Crippen molar-refractivity contribution in [1.82, 2.24) is 9.97 Å². The van der Waals surface area contributed by atoms with E-state index < -0.39 is 5.97 Å². The van der Waals surface area contributed by atoms with Gasteiger partial charge in [0, 0.05) is 5.69 Å². The van der Waals surface area contributed by atoms with Gasteiger partial charge < -0.3 is 10.1 Å². The lowest BCUT2D eigenvalue weighted by Crippen LogP contribution is -2.34. The Bertz CT molecular complexity index is 839. The summed E-state index contributed by atoms with van der Waals surface area (Å²) in [7, 11) is 1.33. The first-order valence-corrected chi connectivity index (χ1v) is 8.97. The Kier molecular flexibility index (Phi) is 4.51. The molecule has 0 atom stereocenters. The monoisotopic (exact) mass is 353 g/mol. The fourth-order valence-corrected chi connectivity index (χ4v) is 3.60. The molecule has 1 aliphatic carbocycles. The number of fused-ring (bicyclic) bond motifs is 1. The third-order valence-electron chi connectivity index (χ3n) is 5.51. The third kappa shape index (κ3) is 3.30. The Labute approximate surface area is 155 Å². The number of esters is 1. The zero-order valence-electron chi connectivity index (χ0n) is 16.4. The lowest BCUT2D eigenvalue weighted by atomic mass is 9.63. The number of hydrogen-bond acceptors (Lipinski definition) is 5. The zero-order chi connectivity index (χ0) is 19.1. The number of rotatable bonds is 3. The highest BCUT2D eigenvalue weighted by Crippen LogP contribution is 2.47. The van der Waals surface area contributed by atoms with Crippen molar-refractivity contribution in [3.8, 4) is 0 Å². The highest BCUT2D eigenvalue weighted by molar-refractivity contribution is 5.86. The fraction of sp³-hybridized carbons (Fsp3) is 0.476. The highest BCUT2D eigenvalue weighted by atomic mass is 16.5. The number of benzene rings is 1. The fourth-order valence-electron chi connectivity index (χ4n) is 3.60. The summed E-state index contributed by atoms with van der Waals surface area (Å²) in [6, 6.07) is 4.55. The standard InChI is InChI=1S/C21H27N3O2/c1-13-9-14-15(21(4,5)8-7-20(14,2)3)10-16(13)24-18-12-22-17(11-23-18)19(25)26-6/h9-12H,7-8H2,1-6H3,(H,23,24). The number of anilines is 2. The molecule has 0 fully saturated rings. The quantitative estimate of drug-likeness (QED) is 0.813. The second-order valence-corrected chi connectivity index (χ2v) is 8.38. The molecule has 0 radical (unpaired) electrons. The topological polar surface area (TPSA) is 64.1 Å². The summed E-state index contributed by atoms with van der Waals surface area (Å²) >= 11 is 0. The molecule has 0 saturated carbocycles. The van der Waals surface area contributed by atoms with Crippen LogP contribution in [0, 0.1) is 6.92 Å². The maximum absolute atomic E-state index is 11.5. The summed E-state index contributed by atoms with van der Waals surface area (Å²) in [6.07, 6.45) is 5.35. The number of nitrogens with zero attached hydrogens (tertiary/aromatic N) is 2. The van der Waals surface area contributed by atoms with E-state index in [0.29, 0.717) is 5.82 Å². The first kappa shape index (κ1) is 18.4. The van der Waals surface area contributed by atoms with Gasteiger partial charge in [-0.2, -0.15) is 0 Å². The number of aromatic nitrogens is 2. The third-order valence-corrected chi connectivity index (χ3v) is 5.51. The van der Waals surface area contributed by atoms with Gasteiger partial charge in [0.1, 0.15) is 5.82 Å². The first-order chi connectivity index (χ1) is 12.1. The molecule has 2 aromatic rings. The van der Waals surface area contributed by atoms with E-state index in [2.05, 4.69) is 66.8 Å². The van der Waals surface area contributed by atoms with Crippen LogP contribution in [0.15, 0.2) is 24.5 Å². The van der Waals surface area contributed by atoms with E-state index in [9.17, 15) is 4.79 Å². The van der Waals surface area contributed by atoms with Crippen LogP contribution >= 0.6 is 0 Å². The Balaban J connectivity index is 1.96. The Morgan fingerprint density at radius 3 is 2.19 bits per heavy atom. The molecule has 0 spiro atoms. The molecule has 1 aromatic heterocycles. The van der Waals surface area contributed by atoms with E-state index in [1.165, 1.54) is 42.8 Å². The number of carbonyl (C=O) groups excluding carboxylic acids is 1. The van der Waals surface area contributed by atoms with Crippen LogP contribution in [-0.2, 0) is 15.6 Å². The van der Waals surface area contributed by atoms with Gasteiger partial charge in [-0.05, 0) is 53.4 Å². The smallest absolute Gasteiger partial charge is 0.358 e. The molecule has 5 heteroatoms. The van der Waals surface area contributed by atoms with Gasteiger partial charge >= 0.3 is 5.97 Å². The molecule has 26 heavy (non-hydrogen) atoms.